The van der Waals surface area contributed by atoms with Gasteiger partial charge < -0.3 is 4.74 Å². The maximum Gasteiger partial charge on any atom is 0.412 e. The summed E-state index contributed by atoms with van der Waals surface area (Å²) in [5.41, 5.74) is 7.00. The van der Waals surface area contributed by atoms with E-state index in [-0.39, 0.29) is 11.2 Å². The van der Waals surface area contributed by atoms with Crippen LogP contribution < -0.4 is 5.32 Å². The summed E-state index contributed by atoms with van der Waals surface area (Å²) in [5.74, 6) is 0.741. The average molecular weight is 478 g/mol. The fourth-order valence-corrected chi connectivity index (χ4v) is 5.77. The molecule has 0 radical (unpaired) electrons. The zero-order valence-corrected chi connectivity index (χ0v) is 20.1. The van der Waals surface area contributed by atoms with E-state index in [0.717, 1.165) is 45.1 Å². The quantitative estimate of drug-likeness (QED) is 0.301. The maximum absolute atomic E-state index is 14.1. The maximum atomic E-state index is 14.1. The zero-order chi connectivity index (χ0) is 22.9. The summed E-state index contributed by atoms with van der Waals surface area (Å²) in [6.07, 6.45) is 1.61. The third-order valence-electron chi connectivity index (χ3n) is 6.00. The summed E-state index contributed by atoms with van der Waals surface area (Å²) < 4.78 is 19.7. The summed E-state index contributed by atoms with van der Waals surface area (Å²) in [5, 5.41) is 6.36. The molecule has 1 saturated carbocycles. The number of ether oxygens (including phenoxy) is 1. The Labute approximate surface area is 200 Å². The number of hydrogen-bond donors (Lipinski definition) is 1. The fourth-order valence-electron chi connectivity index (χ4n) is 4.00. The van der Waals surface area contributed by atoms with Crippen LogP contribution >= 0.6 is 22.7 Å². The van der Waals surface area contributed by atoms with Gasteiger partial charge in [0.2, 0.25) is 0 Å². The summed E-state index contributed by atoms with van der Waals surface area (Å²) in [6.45, 7) is 3.82. The number of hydrogen-bond acceptors (Lipinski definition) is 4. The molecule has 1 unspecified atom stereocenters. The Balaban J connectivity index is 1.30. The lowest BCUT2D eigenvalue weighted by Gasteiger charge is -2.14. The summed E-state index contributed by atoms with van der Waals surface area (Å²) in [4.78, 5) is 13.2. The van der Waals surface area contributed by atoms with Gasteiger partial charge in [-0.15, -0.1) is 11.3 Å². The summed E-state index contributed by atoms with van der Waals surface area (Å²) >= 11 is 2.58. The molecule has 0 saturated heterocycles. The molecule has 1 N–H and O–H groups in total. The van der Waals surface area contributed by atoms with Crippen molar-refractivity contribution in [2.24, 2.45) is 0 Å². The van der Waals surface area contributed by atoms with Crippen LogP contribution in [0, 0.1) is 12.1 Å². The van der Waals surface area contributed by atoms with Crippen LogP contribution in [0.3, 0.4) is 0 Å². The van der Waals surface area contributed by atoms with Gasteiger partial charge in [-0.25, -0.2) is 4.79 Å². The minimum Gasteiger partial charge on any atom is -0.441 e. The molecule has 1 aliphatic rings. The Hall–Kier alpha value is -2.96. The molecule has 2 heterocycles. The molecule has 4 aromatic rings. The number of benzene rings is 2. The molecule has 33 heavy (non-hydrogen) atoms. The number of carbonyl (C=O) groups excluding carboxylic acids is 1. The smallest absolute Gasteiger partial charge is 0.412 e. The van der Waals surface area contributed by atoms with E-state index in [4.69, 9.17) is 4.74 Å². The van der Waals surface area contributed by atoms with Crippen molar-refractivity contribution in [3.63, 3.8) is 0 Å². The van der Waals surface area contributed by atoms with Crippen LogP contribution in [0.4, 0.5) is 14.9 Å². The zero-order valence-electron chi connectivity index (χ0n) is 18.4. The molecule has 5 rings (SSSR count). The third kappa shape index (κ3) is 4.87. The Morgan fingerprint density at radius 1 is 1.03 bits per heavy atom. The van der Waals surface area contributed by atoms with E-state index in [1.165, 1.54) is 24.5 Å². The second-order valence-corrected chi connectivity index (χ2v) is 10.2. The van der Waals surface area contributed by atoms with Crippen molar-refractivity contribution in [3.8, 4) is 21.6 Å². The molecular formula is C27H24FNO2S2. The first-order chi connectivity index (χ1) is 16.0. The topological polar surface area (TPSA) is 38.3 Å². The van der Waals surface area contributed by atoms with E-state index >= 15 is 0 Å². The van der Waals surface area contributed by atoms with Gasteiger partial charge in [-0.05, 0) is 71.2 Å². The molecule has 2 aromatic heterocycles. The van der Waals surface area contributed by atoms with E-state index in [1.54, 1.807) is 11.3 Å². The number of aryl methyl sites for hydroxylation is 1. The highest BCUT2D eigenvalue weighted by molar-refractivity contribution is 7.14. The van der Waals surface area contributed by atoms with Gasteiger partial charge in [0.1, 0.15) is 6.10 Å². The Morgan fingerprint density at radius 3 is 2.27 bits per heavy atom. The Morgan fingerprint density at radius 2 is 1.67 bits per heavy atom. The lowest BCUT2D eigenvalue weighted by molar-refractivity contribution is 0.121. The van der Waals surface area contributed by atoms with Crippen LogP contribution in [0.2, 0.25) is 0 Å². The molecule has 3 nitrogen and oxygen atoms in total. The van der Waals surface area contributed by atoms with Crippen molar-refractivity contribution in [3.05, 3.63) is 87.2 Å². The second kappa shape index (κ2) is 9.12. The highest BCUT2D eigenvalue weighted by Crippen LogP contribution is 2.41. The lowest BCUT2D eigenvalue weighted by atomic mass is 10.0. The minimum atomic E-state index is -0.598. The van der Waals surface area contributed by atoms with Gasteiger partial charge in [-0.2, -0.15) is 15.7 Å². The van der Waals surface area contributed by atoms with Gasteiger partial charge in [0, 0.05) is 11.6 Å². The van der Waals surface area contributed by atoms with Gasteiger partial charge in [0.25, 0.3) is 0 Å². The van der Waals surface area contributed by atoms with Crippen molar-refractivity contribution in [2.45, 2.75) is 38.7 Å². The molecule has 0 spiro atoms. The first-order valence-corrected chi connectivity index (χ1v) is 12.7. The summed E-state index contributed by atoms with van der Waals surface area (Å²) in [7, 11) is 0. The van der Waals surface area contributed by atoms with Gasteiger partial charge in [0.15, 0.2) is 5.13 Å². The molecule has 1 aliphatic carbocycles. The molecule has 168 valence electrons. The van der Waals surface area contributed by atoms with E-state index in [9.17, 15) is 9.18 Å². The van der Waals surface area contributed by atoms with Crippen LogP contribution in [-0.4, -0.2) is 6.09 Å². The number of carbonyl (C=O) groups is 1. The fraction of sp³-hybridized carbons (Fsp3) is 0.222. The van der Waals surface area contributed by atoms with Crippen molar-refractivity contribution in [1.82, 2.24) is 0 Å². The predicted octanol–water partition coefficient (Wildman–Crippen LogP) is 8.78. The number of amides is 1. The molecule has 1 amide bonds. The van der Waals surface area contributed by atoms with Crippen LogP contribution in [0.25, 0.3) is 21.6 Å². The monoisotopic (exact) mass is 477 g/mol. The van der Waals surface area contributed by atoms with Crippen molar-refractivity contribution >= 4 is 34.5 Å². The second-order valence-electron chi connectivity index (χ2n) is 8.45. The summed E-state index contributed by atoms with van der Waals surface area (Å²) in [6, 6.07) is 18.1. The Bertz CT molecular complexity index is 1270. The molecule has 0 aliphatic heterocycles. The van der Waals surface area contributed by atoms with Gasteiger partial charge in [-0.3, -0.25) is 5.32 Å². The largest absolute Gasteiger partial charge is 0.441 e. The molecule has 2 aromatic carbocycles. The predicted molar refractivity (Wildman–Crippen MR) is 135 cm³/mol. The highest BCUT2D eigenvalue weighted by Gasteiger charge is 2.23. The Kier molecular flexibility index (Phi) is 6.04. The van der Waals surface area contributed by atoms with E-state index in [0.29, 0.717) is 10.6 Å². The van der Waals surface area contributed by atoms with E-state index in [1.807, 2.05) is 48.9 Å². The van der Waals surface area contributed by atoms with Crippen molar-refractivity contribution < 1.29 is 13.9 Å². The SMILES string of the molecule is Cc1cscc1C(C)OC(=O)Nc1cc(F)sc1-c1ccc(-c2ccc(C3CC3)cc2)cc1. The van der Waals surface area contributed by atoms with Gasteiger partial charge in [0.05, 0.1) is 10.6 Å². The van der Waals surface area contributed by atoms with Crippen molar-refractivity contribution in [2.75, 3.05) is 5.32 Å². The molecule has 0 bridgehead atoms. The molecule has 1 fully saturated rings. The van der Waals surface area contributed by atoms with Crippen LogP contribution in [0.15, 0.2) is 65.4 Å². The van der Waals surface area contributed by atoms with Crippen LogP contribution in [0.1, 0.15) is 48.5 Å². The minimum absolute atomic E-state index is 0.359. The number of thiophene rings is 2. The molecule has 6 heteroatoms. The number of rotatable bonds is 6. The van der Waals surface area contributed by atoms with Crippen LogP contribution in [-0.2, 0) is 4.74 Å². The van der Waals surface area contributed by atoms with Gasteiger partial charge in [-0.1, -0.05) is 48.5 Å². The standard InChI is InChI=1S/C27H24FNO2S2/c1-16-14-32-15-23(16)17(2)31-27(30)29-24-13-25(28)33-26(24)22-11-9-21(10-12-22)20-7-5-19(6-8-20)18-3-4-18/h5-15,17-18H,3-4H2,1-2H3,(H,29,30). The molecular weight excluding hydrogens is 453 g/mol. The van der Waals surface area contributed by atoms with E-state index < -0.39 is 6.09 Å². The normalized spacial score (nSPS) is 14.2. The van der Waals surface area contributed by atoms with Crippen LogP contribution in [0.5, 0.6) is 0 Å². The van der Waals surface area contributed by atoms with Gasteiger partial charge >= 0.3 is 6.09 Å². The third-order valence-corrected chi connectivity index (χ3v) is 7.85. The first kappa shape index (κ1) is 21.9. The first-order valence-electron chi connectivity index (χ1n) is 11.0. The average Bonchev–Trinajstić information content (AvgIpc) is 3.47. The molecule has 1 atom stereocenters. The van der Waals surface area contributed by atoms with Crippen molar-refractivity contribution in [1.29, 1.82) is 0 Å². The number of anilines is 1. The number of halogens is 1. The lowest BCUT2D eigenvalue weighted by Crippen LogP contribution is -2.16. The highest BCUT2D eigenvalue weighted by atomic mass is 32.1. The van der Waals surface area contributed by atoms with E-state index in [2.05, 4.69) is 29.6 Å². The number of nitrogens with one attached hydrogen (secondary N) is 1.